The first kappa shape index (κ1) is 23.5. The van der Waals surface area contributed by atoms with Crippen LogP contribution in [0.15, 0.2) is 60.4 Å². The molecule has 0 spiro atoms. The predicted octanol–water partition coefficient (Wildman–Crippen LogP) is 6.00. The molecule has 4 rings (SSSR count). The van der Waals surface area contributed by atoms with Crippen molar-refractivity contribution in [2.24, 2.45) is 4.99 Å². The highest BCUT2D eigenvalue weighted by atomic mass is 19.1. The van der Waals surface area contributed by atoms with E-state index >= 15 is 4.39 Å². The van der Waals surface area contributed by atoms with Crippen molar-refractivity contribution in [1.29, 1.82) is 0 Å². The van der Waals surface area contributed by atoms with Crippen LogP contribution in [0, 0.1) is 5.82 Å². The fourth-order valence-corrected chi connectivity index (χ4v) is 4.86. The molecule has 176 valence electrons. The van der Waals surface area contributed by atoms with Gasteiger partial charge in [0.1, 0.15) is 5.82 Å². The van der Waals surface area contributed by atoms with Gasteiger partial charge < -0.3 is 15.2 Å². The lowest BCUT2D eigenvalue weighted by atomic mass is 9.95. The molecule has 1 heterocycles. The third-order valence-electron chi connectivity index (χ3n) is 6.76. The topological polar surface area (TPSA) is 60.5 Å². The minimum absolute atomic E-state index is 0.0908. The first-order valence-corrected chi connectivity index (χ1v) is 11.7. The molecule has 1 amide bonds. The summed E-state index contributed by atoms with van der Waals surface area (Å²) in [4.78, 5) is 21.1. The second-order valence-electron chi connectivity index (χ2n) is 8.76. The molecule has 1 fully saturated rings. The Kier molecular flexibility index (Phi) is 6.96. The van der Waals surface area contributed by atoms with Crippen molar-refractivity contribution >= 4 is 35.3 Å². The monoisotopic (exact) mass is 458 g/mol. The van der Waals surface area contributed by atoms with Gasteiger partial charge in [-0.3, -0.25) is 9.79 Å². The van der Waals surface area contributed by atoms with E-state index in [2.05, 4.69) is 33.5 Å². The molecule has 1 aromatic heterocycles. The minimum Gasteiger partial charge on any atom is -0.370 e. The Morgan fingerprint density at radius 1 is 1.26 bits per heavy atom. The Balaban J connectivity index is 1.63. The van der Waals surface area contributed by atoms with Crippen LogP contribution in [0.2, 0.25) is 0 Å². The molecule has 3 aromatic rings. The van der Waals surface area contributed by atoms with Gasteiger partial charge in [0.25, 0.3) is 0 Å². The standard InChI is InChI=1S/C28H31FN4O/c1-5-18-15-19(7-10-22(18)23-11-12-25-24(28(23)29)13-14-31-25)26(17-30-3)33(4)21-9-8-20(16-21)32-27(34)6-2/h5,7,10-15,17,20-21,31H,1,3,6,8-9,16H2,2,4H3,(H,32,34)/b26-17-/t20-,21+/m0/s1. The number of carbonyl (C=O) groups is 1. The van der Waals surface area contributed by atoms with E-state index in [4.69, 9.17) is 0 Å². The zero-order valence-electron chi connectivity index (χ0n) is 19.8. The summed E-state index contributed by atoms with van der Waals surface area (Å²) in [6, 6.07) is 11.8. The molecule has 0 saturated heterocycles. The number of aromatic amines is 1. The van der Waals surface area contributed by atoms with Crippen LogP contribution >= 0.6 is 0 Å². The number of carbonyl (C=O) groups excluding carboxylic acids is 1. The normalized spacial score (nSPS) is 18.1. The van der Waals surface area contributed by atoms with E-state index in [9.17, 15) is 4.79 Å². The molecule has 2 atom stereocenters. The molecule has 0 unspecified atom stereocenters. The number of aliphatic imine (C=N–C) groups is 1. The van der Waals surface area contributed by atoms with Gasteiger partial charge in [0.2, 0.25) is 5.91 Å². The fourth-order valence-electron chi connectivity index (χ4n) is 4.86. The number of rotatable bonds is 8. The number of hydrogen-bond acceptors (Lipinski definition) is 3. The van der Waals surface area contributed by atoms with Crippen molar-refractivity contribution in [2.75, 3.05) is 7.05 Å². The number of hydrogen-bond donors (Lipinski definition) is 2. The lowest BCUT2D eigenvalue weighted by molar-refractivity contribution is -0.121. The molecule has 1 saturated carbocycles. The van der Waals surface area contributed by atoms with Crippen molar-refractivity contribution in [2.45, 2.75) is 44.7 Å². The molecule has 2 aromatic carbocycles. The van der Waals surface area contributed by atoms with Crippen LogP contribution in [0.25, 0.3) is 33.8 Å². The van der Waals surface area contributed by atoms with Crippen LogP contribution in [0.5, 0.6) is 0 Å². The number of aromatic nitrogens is 1. The predicted molar refractivity (Wildman–Crippen MR) is 139 cm³/mol. The van der Waals surface area contributed by atoms with Gasteiger partial charge >= 0.3 is 0 Å². The van der Waals surface area contributed by atoms with Crippen LogP contribution < -0.4 is 5.32 Å². The van der Waals surface area contributed by atoms with Crippen molar-refractivity contribution in [3.05, 3.63) is 72.3 Å². The van der Waals surface area contributed by atoms with Crippen LogP contribution in [-0.4, -0.2) is 41.6 Å². The van der Waals surface area contributed by atoms with Gasteiger partial charge in [0.15, 0.2) is 0 Å². The van der Waals surface area contributed by atoms with Crippen LogP contribution in [0.1, 0.15) is 43.7 Å². The lowest BCUT2D eigenvalue weighted by Gasteiger charge is -2.29. The molecule has 2 N–H and O–H groups in total. The zero-order valence-corrected chi connectivity index (χ0v) is 19.8. The van der Waals surface area contributed by atoms with Gasteiger partial charge in [-0.25, -0.2) is 4.39 Å². The van der Waals surface area contributed by atoms with Gasteiger partial charge in [-0.05, 0) is 61.4 Å². The van der Waals surface area contributed by atoms with E-state index in [0.717, 1.165) is 47.2 Å². The van der Waals surface area contributed by atoms with E-state index in [0.29, 0.717) is 17.4 Å². The molecule has 34 heavy (non-hydrogen) atoms. The van der Waals surface area contributed by atoms with E-state index in [1.807, 2.05) is 38.2 Å². The van der Waals surface area contributed by atoms with E-state index in [1.165, 1.54) is 0 Å². The molecule has 1 aliphatic carbocycles. The van der Waals surface area contributed by atoms with Gasteiger partial charge in [-0.15, -0.1) is 0 Å². The maximum absolute atomic E-state index is 15.2. The molecule has 5 nitrogen and oxygen atoms in total. The summed E-state index contributed by atoms with van der Waals surface area (Å²) >= 11 is 0. The largest absolute Gasteiger partial charge is 0.370 e. The average molecular weight is 459 g/mol. The SMILES string of the molecule is C=Cc1cc(/C(=C/N=C)N(C)[C@@H]2CC[C@H](NC(=O)CC)C2)ccc1-c1ccc2[nH]ccc2c1F. The smallest absolute Gasteiger partial charge is 0.219 e. The summed E-state index contributed by atoms with van der Waals surface area (Å²) in [6.45, 7) is 9.51. The van der Waals surface area contributed by atoms with Gasteiger partial charge in [-0.2, -0.15) is 0 Å². The number of fused-ring (bicyclic) bond motifs is 1. The third kappa shape index (κ3) is 4.53. The Bertz CT molecular complexity index is 1260. The van der Waals surface area contributed by atoms with Crippen molar-refractivity contribution < 1.29 is 9.18 Å². The van der Waals surface area contributed by atoms with Gasteiger partial charge in [0.05, 0.1) is 11.9 Å². The van der Waals surface area contributed by atoms with Crippen molar-refractivity contribution in [1.82, 2.24) is 15.2 Å². The lowest BCUT2D eigenvalue weighted by Crippen LogP contribution is -2.35. The number of halogens is 1. The quantitative estimate of drug-likeness (QED) is 0.407. The summed E-state index contributed by atoms with van der Waals surface area (Å²) in [5.74, 6) is -0.158. The van der Waals surface area contributed by atoms with Crippen molar-refractivity contribution in [3.8, 4) is 11.1 Å². The fraction of sp³-hybridized carbons (Fsp3) is 0.286. The third-order valence-corrected chi connectivity index (χ3v) is 6.76. The Hall–Kier alpha value is -3.67. The zero-order chi connectivity index (χ0) is 24.2. The molecule has 1 aliphatic rings. The molecule has 0 aliphatic heterocycles. The molecule has 0 bridgehead atoms. The number of amides is 1. The summed E-state index contributed by atoms with van der Waals surface area (Å²) in [6.07, 6.45) is 8.56. The maximum atomic E-state index is 15.2. The minimum atomic E-state index is -0.249. The Labute approximate surface area is 200 Å². The Morgan fingerprint density at radius 3 is 2.79 bits per heavy atom. The molecular weight excluding hydrogens is 427 g/mol. The van der Waals surface area contributed by atoms with Crippen LogP contribution in [-0.2, 0) is 4.79 Å². The first-order chi connectivity index (χ1) is 16.5. The summed E-state index contributed by atoms with van der Waals surface area (Å²) in [5.41, 5.74) is 4.83. The maximum Gasteiger partial charge on any atom is 0.219 e. The highest BCUT2D eigenvalue weighted by molar-refractivity contribution is 5.88. The number of nitrogens with zero attached hydrogens (tertiary/aromatic N) is 2. The molecule has 6 heteroatoms. The van der Waals surface area contributed by atoms with Crippen molar-refractivity contribution in [3.63, 3.8) is 0 Å². The second-order valence-corrected chi connectivity index (χ2v) is 8.76. The summed E-state index contributed by atoms with van der Waals surface area (Å²) in [5, 5.41) is 3.68. The summed E-state index contributed by atoms with van der Waals surface area (Å²) < 4.78 is 15.2. The molecular formula is C28H31FN4O. The Morgan fingerprint density at radius 2 is 2.06 bits per heavy atom. The highest BCUT2D eigenvalue weighted by Gasteiger charge is 2.30. The van der Waals surface area contributed by atoms with Gasteiger partial charge in [0, 0.05) is 53.8 Å². The second kappa shape index (κ2) is 10.1. The average Bonchev–Trinajstić information content (AvgIpc) is 3.52. The van der Waals surface area contributed by atoms with Gasteiger partial charge in [-0.1, -0.05) is 31.7 Å². The van der Waals surface area contributed by atoms with E-state index in [-0.39, 0.29) is 23.8 Å². The summed E-state index contributed by atoms with van der Waals surface area (Å²) in [7, 11) is 2.05. The molecule has 0 radical (unpaired) electrons. The number of H-pyrrole nitrogens is 1. The van der Waals surface area contributed by atoms with E-state index < -0.39 is 0 Å². The van der Waals surface area contributed by atoms with Crippen LogP contribution in [0.3, 0.4) is 0 Å². The first-order valence-electron chi connectivity index (χ1n) is 11.7. The number of nitrogens with one attached hydrogen (secondary N) is 2. The highest BCUT2D eigenvalue weighted by Crippen LogP contribution is 2.35. The van der Waals surface area contributed by atoms with E-state index in [1.54, 1.807) is 30.6 Å². The number of benzene rings is 2. The van der Waals surface area contributed by atoms with Crippen LogP contribution in [0.4, 0.5) is 4.39 Å².